The molecule has 1 amide bonds. The molecule has 0 bridgehead atoms. The van der Waals surface area contributed by atoms with Crippen molar-refractivity contribution in [2.75, 3.05) is 6.61 Å². The third-order valence-corrected chi connectivity index (χ3v) is 2.57. The number of hydrogen-bond acceptors (Lipinski definition) is 3. The molecule has 0 unspecified atom stereocenters. The topological polar surface area (TPSA) is 65.2 Å². The molecular weight excluding hydrogens is 249 g/mol. The van der Waals surface area contributed by atoms with Crippen molar-refractivity contribution in [2.24, 2.45) is 11.7 Å². The van der Waals surface area contributed by atoms with Crippen LogP contribution in [0.5, 0.6) is 5.88 Å². The molecule has 1 aliphatic rings. The van der Waals surface area contributed by atoms with Crippen LogP contribution in [0, 0.1) is 5.92 Å². The van der Waals surface area contributed by atoms with Crippen LogP contribution in [-0.4, -0.2) is 17.5 Å². The molecule has 1 fully saturated rings. The Morgan fingerprint density at radius 3 is 2.61 bits per heavy atom. The summed E-state index contributed by atoms with van der Waals surface area (Å²) in [6.07, 6.45) is -2.68. The van der Waals surface area contributed by atoms with Gasteiger partial charge in [0.05, 0.1) is 6.61 Å². The second-order valence-corrected chi connectivity index (χ2v) is 4.17. The summed E-state index contributed by atoms with van der Waals surface area (Å²) in [5, 5.41) is 0. The highest BCUT2D eigenvalue weighted by Gasteiger charge is 2.36. The van der Waals surface area contributed by atoms with E-state index in [1.807, 2.05) is 0 Å². The highest BCUT2D eigenvalue weighted by atomic mass is 19.4. The van der Waals surface area contributed by atoms with Crippen LogP contribution < -0.4 is 10.5 Å². The normalized spacial score (nSPS) is 15.5. The number of alkyl halides is 3. The maximum atomic E-state index is 12.7. The van der Waals surface area contributed by atoms with Gasteiger partial charge in [-0.05, 0) is 30.9 Å². The summed E-state index contributed by atoms with van der Waals surface area (Å²) in [5.41, 5.74) is 3.74. The summed E-state index contributed by atoms with van der Waals surface area (Å²) >= 11 is 0. The van der Waals surface area contributed by atoms with Crippen LogP contribution in [-0.2, 0) is 6.18 Å². The summed E-state index contributed by atoms with van der Waals surface area (Å²) in [6, 6.07) is 1.70. The molecule has 0 atom stereocenters. The van der Waals surface area contributed by atoms with Crippen molar-refractivity contribution in [3.05, 3.63) is 23.4 Å². The van der Waals surface area contributed by atoms with E-state index >= 15 is 0 Å². The summed E-state index contributed by atoms with van der Waals surface area (Å²) in [7, 11) is 0. The number of hydrogen-bond donors (Lipinski definition) is 1. The molecule has 1 aliphatic carbocycles. The zero-order valence-corrected chi connectivity index (χ0v) is 9.33. The van der Waals surface area contributed by atoms with Gasteiger partial charge in [-0.2, -0.15) is 13.2 Å². The molecule has 0 aliphatic heterocycles. The lowest BCUT2D eigenvalue weighted by Gasteiger charge is -2.13. The fourth-order valence-electron chi connectivity index (χ4n) is 1.38. The Balaban J connectivity index is 2.29. The molecule has 1 aromatic heterocycles. The molecule has 1 saturated carbocycles. The third-order valence-electron chi connectivity index (χ3n) is 2.57. The van der Waals surface area contributed by atoms with Gasteiger partial charge in [-0.15, -0.1) is 0 Å². The van der Waals surface area contributed by atoms with Crippen LogP contribution >= 0.6 is 0 Å². The summed E-state index contributed by atoms with van der Waals surface area (Å²) in [6.45, 7) is 0.179. The van der Waals surface area contributed by atoms with E-state index in [4.69, 9.17) is 10.5 Å². The predicted octanol–water partition coefficient (Wildman–Crippen LogP) is 1.99. The Labute approximate surface area is 101 Å². The average molecular weight is 260 g/mol. The largest absolute Gasteiger partial charge is 0.477 e. The lowest BCUT2D eigenvalue weighted by molar-refractivity contribution is -0.139. The second kappa shape index (κ2) is 4.47. The molecule has 1 heterocycles. The molecule has 1 aromatic rings. The van der Waals surface area contributed by atoms with E-state index in [0.29, 0.717) is 0 Å². The minimum Gasteiger partial charge on any atom is -0.477 e. The standard InChI is InChI=1S/C11H11F3N2O2/c12-11(13,14)7-3-4-8(9(15)17)16-10(7)18-5-6-1-2-6/h3-4,6H,1-2,5H2,(H2,15,17). The fourth-order valence-corrected chi connectivity index (χ4v) is 1.38. The van der Waals surface area contributed by atoms with Gasteiger partial charge in [0, 0.05) is 0 Å². The number of amides is 1. The van der Waals surface area contributed by atoms with E-state index in [1.54, 1.807) is 0 Å². The lowest BCUT2D eigenvalue weighted by atomic mass is 10.2. The number of ether oxygens (including phenoxy) is 1. The van der Waals surface area contributed by atoms with E-state index in [-0.39, 0.29) is 18.2 Å². The molecule has 0 radical (unpaired) electrons. The SMILES string of the molecule is NC(=O)c1ccc(C(F)(F)F)c(OCC2CC2)n1. The molecule has 4 nitrogen and oxygen atoms in total. The highest BCUT2D eigenvalue weighted by Crippen LogP contribution is 2.36. The Morgan fingerprint density at radius 2 is 2.11 bits per heavy atom. The smallest absolute Gasteiger partial charge is 0.421 e. The number of carbonyl (C=O) groups is 1. The Bertz CT molecular complexity index is 470. The van der Waals surface area contributed by atoms with Crippen molar-refractivity contribution < 1.29 is 22.7 Å². The van der Waals surface area contributed by atoms with Gasteiger partial charge < -0.3 is 10.5 Å². The Kier molecular flexibility index (Phi) is 3.14. The van der Waals surface area contributed by atoms with Crippen molar-refractivity contribution in [2.45, 2.75) is 19.0 Å². The van der Waals surface area contributed by atoms with Gasteiger partial charge in [-0.1, -0.05) is 0 Å². The van der Waals surface area contributed by atoms with Crippen LogP contribution in [0.25, 0.3) is 0 Å². The molecule has 0 spiro atoms. The Morgan fingerprint density at radius 1 is 1.44 bits per heavy atom. The van der Waals surface area contributed by atoms with Crippen LogP contribution in [0.3, 0.4) is 0 Å². The predicted molar refractivity (Wildman–Crippen MR) is 56.0 cm³/mol. The first kappa shape index (κ1) is 12.7. The monoisotopic (exact) mass is 260 g/mol. The first-order chi connectivity index (χ1) is 8.38. The summed E-state index contributed by atoms with van der Waals surface area (Å²) in [5.74, 6) is -1.18. The van der Waals surface area contributed by atoms with Gasteiger partial charge in [-0.3, -0.25) is 4.79 Å². The molecule has 98 valence electrons. The molecular formula is C11H11F3N2O2. The minimum atomic E-state index is -4.57. The number of carbonyl (C=O) groups excluding carboxylic acids is 1. The first-order valence-corrected chi connectivity index (χ1v) is 5.39. The molecule has 7 heteroatoms. The number of rotatable bonds is 4. The molecule has 2 N–H and O–H groups in total. The van der Waals surface area contributed by atoms with E-state index in [0.717, 1.165) is 25.0 Å². The van der Waals surface area contributed by atoms with E-state index in [2.05, 4.69) is 4.98 Å². The number of nitrogens with two attached hydrogens (primary N) is 1. The molecule has 0 saturated heterocycles. The first-order valence-electron chi connectivity index (χ1n) is 5.39. The van der Waals surface area contributed by atoms with Crippen LogP contribution in [0.1, 0.15) is 28.9 Å². The third kappa shape index (κ3) is 2.91. The fraction of sp³-hybridized carbons (Fsp3) is 0.455. The Hall–Kier alpha value is -1.79. The maximum absolute atomic E-state index is 12.7. The van der Waals surface area contributed by atoms with Crippen molar-refractivity contribution >= 4 is 5.91 Å². The molecule has 18 heavy (non-hydrogen) atoms. The molecule has 0 aromatic carbocycles. The van der Waals surface area contributed by atoms with Gasteiger partial charge in [0.25, 0.3) is 5.91 Å². The number of primary amides is 1. The van der Waals surface area contributed by atoms with E-state index in [1.165, 1.54) is 0 Å². The van der Waals surface area contributed by atoms with Gasteiger partial charge in [0.1, 0.15) is 11.3 Å². The number of aromatic nitrogens is 1. The maximum Gasteiger partial charge on any atom is 0.421 e. The number of halogens is 3. The van der Waals surface area contributed by atoms with E-state index < -0.39 is 23.5 Å². The second-order valence-electron chi connectivity index (χ2n) is 4.17. The summed E-state index contributed by atoms with van der Waals surface area (Å²) in [4.78, 5) is 14.4. The van der Waals surface area contributed by atoms with Crippen molar-refractivity contribution in [3.8, 4) is 5.88 Å². The zero-order valence-electron chi connectivity index (χ0n) is 9.33. The van der Waals surface area contributed by atoms with Crippen molar-refractivity contribution in [1.29, 1.82) is 0 Å². The van der Waals surface area contributed by atoms with Gasteiger partial charge >= 0.3 is 6.18 Å². The van der Waals surface area contributed by atoms with Gasteiger partial charge in [0.15, 0.2) is 0 Å². The number of nitrogens with zero attached hydrogens (tertiary/aromatic N) is 1. The zero-order chi connectivity index (χ0) is 13.3. The van der Waals surface area contributed by atoms with Crippen LogP contribution in [0.4, 0.5) is 13.2 Å². The quantitative estimate of drug-likeness (QED) is 0.900. The van der Waals surface area contributed by atoms with Gasteiger partial charge in [-0.25, -0.2) is 4.98 Å². The minimum absolute atomic E-state index is 0.179. The number of pyridine rings is 1. The average Bonchev–Trinajstić information content (AvgIpc) is 3.08. The van der Waals surface area contributed by atoms with Crippen LogP contribution in [0.15, 0.2) is 12.1 Å². The van der Waals surface area contributed by atoms with Crippen molar-refractivity contribution in [1.82, 2.24) is 4.98 Å². The highest BCUT2D eigenvalue weighted by molar-refractivity contribution is 5.90. The summed E-state index contributed by atoms with van der Waals surface area (Å²) < 4.78 is 43.1. The van der Waals surface area contributed by atoms with E-state index in [9.17, 15) is 18.0 Å². The van der Waals surface area contributed by atoms with Crippen LogP contribution in [0.2, 0.25) is 0 Å². The molecule has 2 rings (SSSR count). The lowest BCUT2D eigenvalue weighted by Crippen LogP contribution is -2.17. The van der Waals surface area contributed by atoms with Gasteiger partial charge in [0.2, 0.25) is 5.88 Å². The van der Waals surface area contributed by atoms with Crippen molar-refractivity contribution in [3.63, 3.8) is 0 Å².